The normalized spacial score (nSPS) is 12.0. The van der Waals surface area contributed by atoms with Gasteiger partial charge in [-0.3, -0.25) is 5.84 Å². The fourth-order valence-electron chi connectivity index (χ4n) is 0.960. The molecule has 0 aliphatic heterocycles. The minimum absolute atomic E-state index is 0.759. The van der Waals surface area contributed by atoms with Crippen molar-refractivity contribution in [2.75, 3.05) is 13.1 Å². The highest BCUT2D eigenvalue weighted by molar-refractivity contribution is 4.54. The molecule has 2 N–H and O–H groups in total. The molecule has 0 unspecified atom stereocenters. The van der Waals surface area contributed by atoms with Crippen LogP contribution in [0.1, 0.15) is 40.5 Å². The van der Waals surface area contributed by atoms with Crippen LogP contribution in [0.25, 0.3) is 0 Å². The van der Waals surface area contributed by atoms with Crippen LogP contribution < -0.4 is 5.84 Å². The van der Waals surface area contributed by atoms with Crippen LogP contribution in [0, 0.1) is 11.8 Å². The first-order chi connectivity index (χ1) is 5.52. The van der Waals surface area contributed by atoms with Gasteiger partial charge in [0.2, 0.25) is 0 Å². The van der Waals surface area contributed by atoms with Crippen molar-refractivity contribution in [1.82, 2.24) is 5.01 Å². The van der Waals surface area contributed by atoms with Crippen LogP contribution in [-0.4, -0.2) is 18.1 Å². The second kappa shape index (κ2) is 6.44. The summed E-state index contributed by atoms with van der Waals surface area (Å²) in [6.45, 7) is 11.0. The number of nitrogens with zero attached hydrogens (tertiary/aromatic N) is 1. The summed E-state index contributed by atoms with van der Waals surface area (Å²) in [6, 6.07) is 0. The van der Waals surface area contributed by atoms with Crippen LogP contribution >= 0.6 is 0 Å². The lowest BCUT2D eigenvalue weighted by Crippen LogP contribution is -2.34. The van der Waals surface area contributed by atoms with Gasteiger partial charge in [-0.2, -0.15) is 0 Å². The van der Waals surface area contributed by atoms with Gasteiger partial charge >= 0.3 is 0 Å². The zero-order chi connectivity index (χ0) is 9.56. The molecule has 12 heavy (non-hydrogen) atoms. The quantitative estimate of drug-likeness (QED) is 0.492. The maximum absolute atomic E-state index is 5.80. The van der Waals surface area contributed by atoms with Crippen LogP contribution in [0.15, 0.2) is 0 Å². The molecule has 0 saturated heterocycles. The third-order valence-corrected chi connectivity index (χ3v) is 1.99. The molecule has 0 heterocycles. The molecule has 0 spiro atoms. The highest BCUT2D eigenvalue weighted by Gasteiger charge is 2.01. The Bertz CT molecular complexity index is 88.0. The Balaban J connectivity index is 3.27. The van der Waals surface area contributed by atoms with Gasteiger partial charge in [0.15, 0.2) is 0 Å². The van der Waals surface area contributed by atoms with Crippen molar-refractivity contribution < 1.29 is 0 Å². The standard InChI is InChI=1S/C10H24N2/c1-9(2)5-7-12(11)8-6-10(3)4/h9-10H,5-8,11H2,1-4H3. The highest BCUT2D eigenvalue weighted by atomic mass is 15.4. The van der Waals surface area contributed by atoms with Gasteiger partial charge in [0.1, 0.15) is 0 Å². The van der Waals surface area contributed by atoms with Gasteiger partial charge in [-0.25, -0.2) is 5.01 Å². The van der Waals surface area contributed by atoms with E-state index in [0.717, 1.165) is 24.9 Å². The van der Waals surface area contributed by atoms with E-state index in [1.165, 1.54) is 12.8 Å². The lowest BCUT2D eigenvalue weighted by Gasteiger charge is -2.18. The number of nitrogens with two attached hydrogens (primary N) is 1. The largest absolute Gasteiger partial charge is 0.269 e. The predicted molar refractivity (Wildman–Crippen MR) is 54.7 cm³/mol. The van der Waals surface area contributed by atoms with E-state index in [1.807, 2.05) is 5.01 Å². The summed E-state index contributed by atoms with van der Waals surface area (Å²) in [7, 11) is 0. The molecule has 2 heteroatoms. The van der Waals surface area contributed by atoms with E-state index in [9.17, 15) is 0 Å². The molecule has 0 aliphatic carbocycles. The van der Waals surface area contributed by atoms with E-state index < -0.39 is 0 Å². The number of rotatable bonds is 6. The zero-order valence-electron chi connectivity index (χ0n) is 9.01. The molecule has 74 valence electrons. The van der Waals surface area contributed by atoms with E-state index in [4.69, 9.17) is 5.84 Å². The van der Waals surface area contributed by atoms with Gasteiger partial charge in [-0.05, 0) is 24.7 Å². The van der Waals surface area contributed by atoms with E-state index in [0.29, 0.717) is 0 Å². The Hall–Kier alpha value is -0.0800. The van der Waals surface area contributed by atoms with E-state index in [1.54, 1.807) is 0 Å². The Morgan fingerprint density at radius 2 is 1.25 bits per heavy atom. The van der Waals surface area contributed by atoms with Gasteiger partial charge < -0.3 is 0 Å². The summed E-state index contributed by atoms with van der Waals surface area (Å²) in [6.07, 6.45) is 2.41. The number of hydrogen-bond donors (Lipinski definition) is 1. The second-order valence-electron chi connectivity index (χ2n) is 4.40. The van der Waals surface area contributed by atoms with Crippen molar-refractivity contribution in [3.05, 3.63) is 0 Å². The lowest BCUT2D eigenvalue weighted by molar-refractivity contribution is 0.250. The second-order valence-corrected chi connectivity index (χ2v) is 4.40. The Labute approximate surface area is 77.1 Å². The maximum atomic E-state index is 5.80. The third kappa shape index (κ3) is 8.02. The summed E-state index contributed by atoms with van der Waals surface area (Å²) in [5.74, 6) is 7.32. The van der Waals surface area contributed by atoms with E-state index >= 15 is 0 Å². The molecule has 0 fully saturated rings. The van der Waals surface area contributed by atoms with E-state index in [2.05, 4.69) is 27.7 Å². The average Bonchev–Trinajstić information content (AvgIpc) is 1.96. The fourth-order valence-corrected chi connectivity index (χ4v) is 0.960. The van der Waals surface area contributed by atoms with Gasteiger partial charge in [-0.1, -0.05) is 27.7 Å². The first-order valence-electron chi connectivity index (χ1n) is 5.02. The monoisotopic (exact) mass is 172 g/mol. The van der Waals surface area contributed by atoms with Gasteiger partial charge in [0, 0.05) is 13.1 Å². The van der Waals surface area contributed by atoms with Crippen LogP contribution in [0.3, 0.4) is 0 Å². The van der Waals surface area contributed by atoms with Crippen LogP contribution in [0.2, 0.25) is 0 Å². The Kier molecular flexibility index (Phi) is 6.39. The van der Waals surface area contributed by atoms with Crippen molar-refractivity contribution in [1.29, 1.82) is 0 Å². The minimum atomic E-state index is 0.759. The Morgan fingerprint density at radius 1 is 0.917 bits per heavy atom. The van der Waals surface area contributed by atoms with E-state index in [-0.39, 0.29) is 0 Å². The van der Waals surface area contributed by atoms with Crippen LogP contribution in [-0.2, 0) is 0 Å². The molecule has 0 rings (SSSR count). The SMILES string of the molecule is CC(C)CCN(N)CCC(C)C. The van der Waals surface area contributed by atoms with Crippen LogP contribution in [0.5, 0.6) is 0 Å². The number of hydrogen-bond acceptors (Lipinski definition) is 2. The Morgan fingerprint density at radius 3 is 1.50 bits per heavy atom. The third-order valence-electron chi connectivity index (χ3n) is 1.99. The molecule has 0 atom stereocenters. The summed E-state index contributed by atoms with van der Waals surface area (Å²) in [5.41, 5.74) is 0. The molecule has 0 aliphatic rings. The van der Waals surface area contributed by atoms with Gasteiger partial charge in [0.25, 0.3) is 0 Å². The van der Waals surface area contributed by atoms with Crippen molar-refractivity contribution >= 4 is 0 Å². The molecule has 0 saturated carbocycles. The summed E-state index contributed by atoms with van der Waals surface area (Å²) < 4.78 is 0. The molecule has 0 aromatic carbocycles. The smallest absolute Gasteiger partial charge is 0.0131 e. The molecule has 0 aromatic rings. The number of hydrazine groups is 1. The highest BCUT2D eigenvalue weighted by Crippen LogP contribution is 2.02. The minimum Gasteiger partial charge on any atom is -0.269 e. The predicted octanol–water partition coefficient (Wildman–Crippen LogP) is 2.25. The zero-order valence-corrected chi connectivity index (χ0v) is 9.01. The first-order valence-corrected chi connectivity index (χ1v) is 5.02. The van der Waals surface area contributed by atoms with Crippen molar-refractivity contribution in [2.45, 2.75) is 40.5 Å². The van der Waals surface area contributed by atoms with Crippen LogP contribution in [0.4, 0.5) is 0 Å². The summed E-state index contributed by atoms with van der Waals surface area (Å²) in [5, 5.41) is 1.94. The fraction of sp³-hybridized carbons (Fsp3) is 1.00. The molecular weight excluding hydrogens is 148 g/mol. The average molecular weight is 172 g/mol. The van der Waals surface area contributed by atoms with Gasteiger partial charge in [0.05, 0.1) is 0 Å². The molecule has 0 amide bonds. The van der Waals surface area contributed by atoms with Crippen molar-refractivity contribution in [3.8, 4) is 0 Å². The van der Waals surface area contributed by atoms with Crippen molar-refractivity contribution in [3.63, 3.8) is 0 Å². The summed E-state index contributed by atoms with van der Waals surface area (Å²) in [4.78, 5) is 0. The first kappa shape index (κ1) is 11.9. The topological polar surface area (TPSA) is 29.3 Å². The molecule has 0 radical (unpaired) electrons. The molecular formula is C10H24N2. The molecule has 0 bridgehead atoms. The molecule has 2 nitrogen and oxygen atoms in total. The van der Waals surface area contributed by atoms with Crippen molar-refractivity contribution in [2.24, 2.45) is 17.7 Å². The molecule has 0 aromatic heterocycles. The lowest BCUT2D eigenvalue weighted by atomic mass is 10.1. The van der Waals surface area contributed by atoms with Gasteiger partial charge in [-0.15, -0.1) is 0 Å². The maximum Gasteiger partial charge on any atom is 0.0131 e. The summed E-state index contributed by atoms with van der Waals surface area (Å²) >= 11 is 0.